The van der Waals surface area contributed by atoms with Crippen LogP contribution in [0, 0.1) is 13.8 Å². The summed E-state index contributed by atoms with van der Waals surface area (Å²) in [7, 11) is 0. The van der Waals surface area contributed by atoms with Crippen molar-refractivity contribution in [2.24, 2.45) is 0 Å². The molecular weight excluding hydrogens is 268 g/mol. The van der Waals surface area contributed by atoms with Gasteiger partial charge in [0.1, 0.15) is 0 Å². The highest BCUT2D eigenvalue weighted by Gasteiger charge is 2.20. The highest BCUT2D eigenvalue weighted by Crippen LogP contribution is 2.28. The van der Waals surface area contributed by atoms with Crippen LogP contribution >= 0.6 is 0 Å². The molecule has 0 fully saturated rings. The Kier molecular flexibility index (Phi) is 3.27. The van der Waals surface area contributed by atoms with Gasteiger partial charge in [-0.05, 0) is 43.0 Å². The molecule has 1 aromatic heterocycles. The number of aromatic nitrogens is 1. The van der Waals surface area contributed by atoms with Gasteiger partial charge in [0.05, 0.1) is 0 Å². The third-order valence-corrected chi connectivity index (χ3v) is 4.86. The van der Waals surface area contributed by atoms with Crippen molar-refractivity contribution >= 4 is 10.9 Å². The van der Waals surface area contributed by atoms with Crippen LogP contribution < -0.4 is 0 Å². The maximum absolute atomic E-state index is 3.62. The molecule has 0 atom stereocenters. The van der Waals surface area contributed by atoms with E-state index in [1.54, 1.807) is 0 Å². The second-order valence-corrected chi connectivity index (χ2v) is 6.52. The van der Waals surface area contributed by atoms with E-state index in [0.717, 1.165) is 26.1 Å². The smallest absolute Gasteiger partial charge is 0.0459 e. The summed E-state index contributed by atoms with van der Waals surface area (Å²) < 4.78 is 0. The van der Waals surface area contributed by atoms with Gasteiger partial charge < -0.3 is 4.98 Å². The van der Waals surface area contributed by atoms with Gasteiger partial charge in [-0.25, -0.2) is 0 Å². The van der Waals surface area contributed by atoms with Gasteiger partial charge in [0, 0.05) is 36.2 Å². The van der Waals surface area contributed by atoms with Crippen LogP contribution in [0.3, 0.4) is 0 Å². The molecule has 112 valence electrons. The van der Waals surface area contributed by atoms with E-state index in [4.69, 9.17) is 0 Å². The molecule has 22 heavy (non-hydrogen) atoms. The largest absolute Gasteiger partial charge is 0.357 e. The fourth-order valence-corrected chi connectivity index (χ4v) is 3.60. The first-order valence-electron chi connectivity index (χ1n) is 8.07. The molecule has 2 aromatic carbocycles. The van der Waals surface area contributed by atoms with E-state index in [-0.39, 0.29) is 0 Å². The van der Waals surface area contributed by atoms with Gasteiger partial charge in [0.2, 0.25) is 0 Å². The standard InChI is InChI=1S/C20H22N2/c1-14-7-8-15(2)16(11-14)12-22-10-9-18-17-5-3-4-6-19(17)21-20(18)13-22/h3-8,11,21H,9-10,12-13H2,1-2H3. The molecule has 0 bridgehead atoms. The van der Waals surface area contributed by atoms with Crippen molar-refractivity contribution in [3.63, 3.8) is 0 Å². The monoisotopic (exact) mass is 290 g/mol. The first kappa shape index (κ1) is 13.6. The Morgan fingerprint density at radius 3 is 2.86 bits per heavy atom. The lowest BCUT2D eigenvalue weighted by Gasteiger charge is -2.27. The van der Waals surface area contributed by atoms with Gasteiger partial charge in [-0.1, -0.05) is 42.0 Å². The van der Waals surface area contributed by atoms with Crippen LogP contribution in [0.1, 0.15) is 27.9 Å². The van der Waals surface area contributed by atoms with E-state index in [0.29, 0.717) is 0 Å². The number of hydrogen-bond acceptors (Lipinski definition) is 1. The first-order valence-corrected chi connectivity index (χ1v) is 8.07. The Morgan fingerprint density at radius 1 is 1.09 bits per heavy atom. The van der Waals surface area contributed by atoms with Crippen LogP contribution in [0.25, 0.3) is 10.9 Å². The third kappa shape index (κ3) is 2.34. The number of aryl methyl sites for hydroxylation is 2. The number of para-hydroxylation sites is 1. The van der Waals surface area contributed by atoms with Gasteiger partial charge >= 0.3 is 0 Å². The lowest BCUT2D eigenvalue weighted by Crippen LogP contribution is -2.30. The first-order chi connectivity index (χ1) is 10.7. The van der Waals surface area contributed by atoms with E-state index in [1.165, 1.54) is 38.9 Å². The van der Waals surface area contributed by atoms with Crippen molar-refractivity contribution in [1.82, 2.24) is 9.88 Å². The van der Waals surface area contributed by atoms with Crippen molar-refractivity contribution in [3.05, 3.63) is 70.4 Å². The van der Waals surface area contributed by atoms with Crippen LogP contribution in [-0.2, 0) is 19.5 Å². The normalized spacial score (nSPS) is 15.2. The summed E-state index contributed by atoms with van der Waals surface area (Å²) >= 11 is 0. The second-order valence-electron chi connectivity index (χ2n) is 6.52. The molecule has 2 heterocycles. The van der Waals surface area contributed by atoms with Crippen LogP contribution in [0.4, 0.5) is 0 Å². The van der Waals surface area contributed by atoms with Crippen molar-refractivity contribution in [2.45, 2.75) is 33.4 Å². The van der Waals surface area contributed by atoms with E-state index >= 15 is 0 Å². The lowest BCUT2D eigenvalue weighted by atomic mass is 10.0. The number of nitrogens with zero attached hydrogens (tertiary/aromatic N) is 1. The molecular formula is C20H22N2. The molecule has 2 heteroatoms. The predicted octanol–water partition coefficient (Wildman–Crippen LogP) is 4.34. The quantitative estimate of drug-likeness (QED) is 0.743. The van der Waals surface area contributed by atoms with Crippen molar-refractivity contribution < 1.29 is 0 Å². The number of benzene rings is 2. The zero-order valence-corrected chi connectivity index (χ0v) is 13.3. The summed E-state index contributed by atoms with van der Waals surface area (Å²) in [5, 5.41) is 1.41. The topological polar surface area (TPSA) is 19.0 Å². The predicted molar refractivity (Wildman–Crippen MR) is 92.0 cm³/mol. The van der Waals surface area contributed by atoms with Crippen LogP contribution in [0.2, 0.25) is 0 Å². The maximum Gasteiger partial charge on any atom is 0.0459 e. The van der Waals surface area contributed by atoms with Crippen LogP contribution in [0.15, 0.2) is 42.5 Å². The highest BCUT2D eigenvalue weighted by molar-refractivity contribution is 5.84. The van der Waals surface area contributed by atoms with Gasteiger partial charge in [0.25, 0.3) is 0 Å². The Balaban J connectivity index is 1.60. The number of nitrogens with one attached hydrogen (secondary N) is 1. The number of fused-ring (bicyclic) bond motifs is 3. The number of H-pyrrole nitrogens is 1. The van der Waals surface area contributed by atoms with Gasteiger partial charge in [-0.3, -0.25) is 4.90 Å². The Morgan fingerprint density at radius 2 is 1.95 bits per heavy atom. The van der Waals surface area contributed by atoms with Crippen molar-refractivity contribution in [2.75, 3.05) is 6.54 Å². The summed E-state index contributed by atoms with van der Waals surface area (Å²) in [6, 6.07) is 15.4. The summed E-state index contributed by atoms with van der Waals surface area (Å²) in [6.07, 6.45) is 1.14. The highest BCUT2D eigenvalue weighted by atomic mass is 15.1. The molecule has 0 saturated heterocycles. The molecule has 0 saturated carbocycles. The molecule has 0 spiro atoms. The molecule has 0 unspecified atom stereocenters. The Hall–Kier alpha value is -2.06. The van der Waals surface area contributed by atoms with Crippen molar-refractivity contribution in [1.29, 1.82) is 0 Å². The van der Waals surface area contributed by atoms with Gasteiger partial charge in [0.15, 0.2) is 0 Å². The number of hydrogen-bond donors (Lipinski definition) is 1. The summed E-state index contributed by atoms with van der Waals surface area (Å²) in [6.45, 7) is 7.60. The summed E-state index contributed by atoms with van der Waals surface area (Å²) in [4.78, 5) is 6.17. The minimum absolute atomic E-state index is 1.03. The summed E-state index contributed by atoms with van der Waals surface area (Å²) in [5.74, 6) is 0. The molecule has 1 N–H and O–H groups in total. The van der Waals surface area contributed by atoms with Gasteiger partial charge in [-0.2, -0.15) is 0 Å². The van der Waals surface area contributed by atoms with E-state index < -0.39 is 0 Å². The molecule has 2 nitrogen and oxygen atoms in total. The second kappa shape index (κ2) is 5.29. The third-order valence-electron chi connectivity index (χ3n) is 4.86. The molecule has 1 aliphatic heterocycles. The zero-order chi connectivity index (χ0) is 15.1. The van der Waals surface area contributed by atoms with Crippen LogP contribution in [0.5, 0.6) is 0 Å². The van der Waals surface area contributed by atoms with E-state index in [2.05, 4.69) is 66.2 Å². The molecule has 4 rings (SSSR count). The number of rotatable bonds is 2. The van der Waals surface area contributed by atoms with Crippen LogP contribution in [-0.4, -0.2) is 16.4 Å². The average Bonchev–Trinajstić information content (AvgIpc) is 2.88. The molecule has 0 amide bonds. The molecule has 1 aliphatic rings. The zero-order valence-electron chi connectivity index (χ0n) is 13.3. The lowest BCUT2D eigenvalue weighted by molar-refractivity contribution is 0.243. The fraction of sp³-hybridized carbons (Fsp3) is 0.300. The van der Waals surface area contributed by atoms with Gasteiger partial charge in [-0.15, -0.1) is 0 Å². The Labute approximate surface area is 131 Å². The minimum Gasteiger partial charge on any atom is -0.357 e. The minimum atomic E-state index is 1.03. The average molecular weight is 290 g/mol. The number of aromatic amines is 1. The molecule has 0 aliphatic carbocycles. The van der Waals surface area contributed by atoms with E-state index in [9.17, 15) is 0 Å². The summed E-state index contributed by atoms with van der Waals surface area (Å²) in [5.41, 5.74) is 8.41. The maximum atomic E-state index is 3.62. The SMILES string of the molecule is Cc1ccc(C)c(CN2CCc3c([nH]c4ccccc34)C2)c1. The molecule has 0 radical (unpaired) electrons. The fourth-order valence-electron chi connectivity index (χ4n) is 3.60. The van der Waals surface area contributed by atoms with Crippen molar-refractivity contribution in [3.8, 4) is 0 Å². The van der Waals surface area contributed by atoms with E-state index in [1.807, 2.05) is 0 Å². The Bertz CT molecular complexity index is 829. The molecule has 3 aromatic rings.